The minimum absolute atomic E-state index is 0.401. The fraction of sp³-hybridized carbons (Fsp3) is 0.933. The molecule has 0 aromatic heterocycles. The molecule has 0 bridgehead atoms. The van der Waals surface area contributed by atoms with Crippen molar-refractivity contribution in [1.82, 2.24) is 5.32 Å². The van der Waals surface area contributed by atoms with Gasteiger partial charge in [0.2, 0.25) is 6.41 Å². The van der Waals surface area contributed by atoms with Crippen LogP contribution in [-0.2, 0) is 4.79 Å². The van der Waals surface area contributed by atoms with Gasteiger partial charge in [0.1, 0.15) is 0 Å². The summed E-state index contributed by atoms with van der Waals surface area (Å²) in [7, 11) is 0. The molecular weight excluding hydrogens is 210 g/mol. The van der Waals surface area contributed by atoms with E-state index >= 15 is 0 Å². The van der Waals surface area contributed by atoms with E-state index in [0.29, 0.717) is 11.5 Å². The molecule has 0 heterocycles. The van der Waals surface area contributed by atoms with Crippen LogP contribution in [0.4, 0.5) is 0 Å². The topological polar surface area (TPSA) is 29.1 Å². The molecule has 1 rings (SSSR count). The van der Waals surface area contributed by atoms with Gasteiger partial charge in [0.15, 0.2) is 0 Å². The van der Waals surface area contributed by atoms with E-state index in [1.807, 2.05) is 13.8 Å². The molecule has 1 saturated carbocycles. The first-order valence-corrected chi connectivity index (χ1v) is 7.14. The number of hydrogen-bond donors (Lipinski definition) is 1. The summed E-state index contributed by atoms with van der Waals surface area (Å²) in [6.07, 6.45) is 5.63. The second kappa shape index (κ2) is 10.6. The van der Waals surface area contributed by atoms with Crippen molar-refractivity contribution in [3.05, 3.63) is 0 Å². The molecule has 0 radical (unpaired) electrons. The maximum absolute atomic E-state index is 10.3. The zero-order chi connectivity index (χ0) is 13.9. The highest BCUT2D eigenvalue weighted by Gasteiger charge is 2.31. The van der Waals surface area contributed by atoms with Crippen molar-refractivity contribution in [3.63, 3.8) is 0 Å². The summed E-state index contributed by atoms with van der Waals surface area (Å²) in [5.41, 5.74) is 0.401. The van der Waals surface area contributed by atoms with Crippen molar-refractivity contribution >= 4 is 6.41 Å². The second-order valence-electron chi connectivity index (χ2n) is 5.60. The largest absolute Gasteiger partial charge is 0.356 e. The van der Waals surface area contributed by atoms with E-state index in [1.54, 1.807) is 0 Å². The van der Waals surface area contributed by atoms with Gasteiger partial charge in [0, 0.05) is 6.04 Å². The van der Waals surface area contributed by atoms with E-state index in [0.717, 1.165) is 25.2 Å². The zero-order valence-corrected chi connectivity index (χ0v) is 13.0. The van der Waals surface area contributed by atoms with E-state index < -0.39 is 0 Å². The molecule has 1 N–H and O–H groups in total. The van der Waals surface area contributed by atoms with Crippen molar-refractivity contribution in [3.8, 4) is 0 Å². The lowest BCUT2D eigenvalue weighted by Gasteiger charge is -2.38. The van der Waals surface area contributed by atoms with Gasteiger partial charge in [-0.1, -0.05) is 54.9 Å². The molecule has 0 saturated heterocycles. The molecule has 2 atom stereocenters. The summed E-state index contributed by atoms with van der Waals surface area (Å²) in [5, 5.41) is 2.89. The maximum Gasteiger partial charge on any atom is 0.207 e. The molecule has 0 aliphatic heterocycles. The Labute approximate surface area is 109 Å². The van der Waals surface area contributed by atoms with E-state index in [-0.39, 0.29) is 0 Å². The van der Waals surface area contributed by atoms with Crippen molar-refractivity contribution in [2.75, 3.05) is 0 Å². The number of nitrogens with one attached hydrogen (secondary N) is 1. The highest BCUT2D eigenvalue weighted by molar-refractivity contribution is 5.46. The van der Waals surface area contributed by atoms with E-state index in [1.165, 1.54) is 12.8 Å². The van der Waals surface area contributed by atoms with Gasteiger partial charge in [-0.3, -0.25) is 4.79 Å². The average Bonchev–Trinajstić information content (AvgIpc) is 2.19. The molecule has 104 valence electrons. The lowest BCUT2D eigenvalue weighted by Crippen LogP contribution is -2.39. The Morgan fingerprint density at radius 2 is 1.71 bits per heavy atom. The third kappa shape index (κ3) is 10.3. The Morgan fingerprint density at radius 1 is 1.24 bits per heavy atom. The third-order valence-corrected chi connectivity index (χ3v) is 2.69. The van der Waals surface area contributed by atoms with Crippen molar-refractivity contribution in [1.29, 1.82) is 0 Å². The van der Waals surface area contributed by atoms with Crippen LogP contribution in [0.1, 0.15) is 74.1 Å². The summed E-state index contributed by atoms with van der Waals surface area (Å²) in [4.78, 5) is 10.3. The molecular formula is C15H33NO. The average molecular weight is 243 g/mol. The summed E-state index contributed by atoms with van der Waals surface area (Å²) in [6.45, 7) is 15.1. The molecule has 17 heavy (non-hydrogen) atoms. The molecule has 1 fully saturated rings. The lowest BCUT2D eigenvalue weighted by atomic mass is 9.71. The first-order chi connectivity index (χ1) is 7.95. The Morgan fingerprint density at radius 3 is 2.06 bits per heavy atom. The number of hydrogen-bond acceptors (Lipinski definition) is 1. The van der Waals surface area contributed by atoms with Crippen LogP contribution >= 0.6 is 0 Å². The molecule has 2 nitrogen and oxygen atoms in total. The molecule has 2 heteroatoms. The van der Waals surface area contributed by atoms with Crippen molar-refractivity contribution < 1.29 is 4.79 Å². The Balaban J connectivity index is 0. The van der Waals surface area contributed by atoms with Crippen molar-refractivity contribution in [2.24, 2.45) is 11.3 Å². The summed E-state index contributed by atoms with van der Waals surface area (Å²) < 4.78 is 0. The maximum atomic E-state index is 10.3. The SMILES string of the molecule is CC.CC1CC(NC=O)CC(C)(C)C1.CCC. The predicted octanol–water partition coefficient (Wildman–Crippen LogP) is 4.39. The highest BCUT2D eigenvalue weighted by Crippen LogP contribution is 2.38. The van der Waals surface area contributed by atoms with Crippen LogP contribution in [0.2, 0.25) is 0 Å². The van der Waals surface area contributed by atoms with Gasteiger partial charge in [0.05, 0.1) is 0 Å². The standard InChI is InChI=1S/C10H19NO.C3H8.C2H6/c1-8-4-9(11-7-12)6-10(2,3)5-8;1-3-2;1-2/h7-9H,4-6H2,1-3H3,(H,11,12);3H2,1-2H3;1-2H3. The van der Waals surface area contributed by atoms with Gasteiger partial charge in [-0.05, 0) is 30.6 Å². The minimum atomic E-state index is 0.401. The van der Waals surface area contributed by atoms with Gasteiger partial charge in [-0.15, -0.1) is 0 Å². The van der Waals surface area contributed by atoms with E-state index in [4.69, 9.17) is 0 Å². The van der Waals surface area contributed by atoms with Crippen LogP contribution in [0.3, 0.4) is 0 Å². The number of amides is 1. The zero-order valence-electron chi connectivity index (χ0n) is 13.0. The Kier molecular flexibility index (Phi) is 11.8. The van der Waals surface area contributed by atoms with Gasteiger partial charge < -0.3 is 5.32 Å². The summed E-state index contributed by atoms with van der Waals surface area (Å²) in [5.74, 6) is 0.742. The van der Waals surface area contributed by atoms with Gasteiger partial charge in [-0.2, -0.15) is 0 Å². The minimum Gasteiger partial charge on any atom is -0.356 e. The molecule has 0 aromatic carbocycles. The quantitative estimate of drug-likeness (QED) is 0.716. The molecule has 0 aromatic rings. The van der Waals surface area contributed by atoms with E-state index in [9.17, 15) is 4.79 Å². The van der Waals surface area contributed by atoms with E-state index in [2.05, 4.69) is 39.9 Å². The Hall–Kier alpha value is -0.530. The highest BCUT2D eigenvalue weighted by atomic mass is 16.1. The molecule has 1 aliphatic rings. The fourth-order valence-corrected chi connectivity index (χ4v) is 2.57. The van der Waals surface area contributed by atoms with Crippen LogP contribution in [0.15, 0.2) is 0 Å². The molecule has 2 unspecified atom stereocenters. The third-order valence-electron chi connectivity index (χ3n) is 2.69. The first-order valence-electron chi connectivity index (χ1n) is 7.14. The summed E-state index contributed by atoms with van der Waals surface area (Å²) >= 11 is 0. The van der Waals surface area contributed by atoms with Gasteiger partial charge in [0.25, 0.3) is 0 Å². The normalized spacial score (nSPS) is 25.6. The van der Waals surface area contributed by atoms with Crippen LogP contribution < -0.4 is 5.32 Å². The number of carbonyl (C=O) groups is 1. The van der Waals surface area contributed by atoms with Crippen LogP contribution in [0.25, 0.3) is 0 Å². The van der Waals surface area contributed by atoms with Crippen molar-refractivity contribution in [2.45, 2.75) is 80.2 Å². The Bertz CT molecular complexity index is 178. The van der Waals surface area contributed by atoms with Crippen LogP contribution in [0, 0.1) is 11.3 Å². The summed E-state index contributed by atoms with van der Waals surface area (Å²) in [6, 6.07) is 0.404. The van der Waals surface area contributed by atoms with Crippen LogP contribution in [0.5, 0.6) is 0 Å². The molecule has 1 amide bonds. The first kappa shape index (κ1) is 18.8. The predicted molar refractivity (Wildman–Crippen MR) is 77.1 cm³/mol. The number of carbonyl (C=O) groups excluding carboxylic acids is 1. The fourth-order valence-electron chi connectivity index (χ4n) is 2.57. The molecule has 0 spiro atoms. The lowest BCUT2D eigenvalue weighted by molar-refractivity contribution is -0.110. The van der Waals surface area contributed by atoms with Gasteiger partial charge >= 0.3 is 0 Å². The second-order valence-corrected chi connectivity index (χ2v) is 5.60. The molecule has 1 aliphatic carbocycles. The van der Waals surface area contributed by atoms with Crippen LogP contribution in [-0.4, -0.2) is 12.5 Å². The smallest absolute Gasteiger partial charge is 0.207 e. The van der Waals surface area contributed by atoms with Gasteiger partial charge in [-0.25, -0.2) is 0 Å². The number of rotatable bonds is 2. The monoisotopic (exact) mass is 243 g/mol.